The van der Waals surface area contributed by atoms with Crippen LogP contribution in [0, 0.1) is 6.00 Å². The predicted octanol–water partition coefficient (Wildman–Crippen LogP) is 0.904. The van der Waals surface area contributed by atoms with Crippen molar-refractivity contribution in [2.24, 2.45) is 0 Å². The van der Waals surface area contributed by atoms with Gasteiger partial charge in [-0.2, -0.15) is 6.00 Å². The van der Waals surface area contributed by atoms with Crippen LogP contribution in [0.25, 0.3) is 0 Å². The Kier molecular flexibility index (Phi) is 9.68. The van der Waals surface area contributed by atoms with Gasteiger partial charge in [-0.25, -0.2) is 0 Å². The molecule has 0 aromatic rings. The molecule has 0 atom stereocenters. The van der Waals surface area contributed by atoms with E-state index in [4.69, 9.17) is 11.6 Å². The van der Waals surface area contributed by atoms with Crippen LogP contribution in [-0.2, 0) is 18.6 Å². The zero-order valence-electron chi connectivity index (χ0n) is 3.85. The molecule has 0 bridgehead atoms. The van der Waals surface area contributed by atoms with Crippen molar-refractivity contribution in [3.63, 3.8) is 0 Å². The van der Waals surface area contributed by atoms with E-state index in [0.717, 1.165) is 0 Å². The molecule has 37 valence electrons. The fraction of sp³-hybridized carbons (Fsp3) is 0.667. The third-order valence-corrected chi connectivity index (χ3v) is 0.586. The quantitative estimate of drug-likeness (QED) is 0.390. The molecule has 1 radical (unpaired) electrons. The van der Waals surface area contributed by atoms with Gasteiger partial charge in [0, 0.05) is 18.6 Å². The van der Waals surface area contributed by atoms with Crippen molar-refractivity contribution in [1.29, 1.82) is 0 Å². The van der Waals surface area contributed by atoms with Gasteiger partial charge in [0.1, 0.15) is 0 Å². The first-order valence-electron chi connectivity index (χ1n) is 1.37. The molecule has 3 heteroatoms. The second-order valence-corrected chi connectivity index (χ2v) is 1.26. The molecule has 0 aliphatic carbocycles. The summed E-state index contributed by atoms with van der Waals surface area (Å²) in [6.07, 6.45) is 0. The fourth-order valence-corrected chi connectivity index (χ4v) is 0. The summed E-state index contributed by atoms with van der Waals surface area (Å²) in [5.74, 6) is 0. The third kappa shape index (κ3) is 8.85. The second kappa shape index (κ2) is 5.83. The van der Waals surface area contributed by atoms with Gasteiger partial charge in [0.05, 0.1) is 0 Å². The molecular weight excluding hydrogens is 136 g/mol. The monoisotopic (exact) mass is 143 g/mol. The molecule has 0 aliphatic rings. The molecule has 0 heterocycles. The Hall–Kier alpha value is 0.834. The summed E-state index contributed by atoms with van der Waals surface area (Å²) in [5, 5.41) is 0. The number of nitrogens with zero attached hydrogens (tertiary/aromatic N) is 1. The van der Waals surface area contributed by atoms with Crippen molar-refractivity contribution in [1.82, 2.24) is 4.90 Å². The zero-order chi connectivity index (χ0) is 4.28. The molecule has 6 heavy (non-hydrogen) atoms. The minimum atomic E-state index is 0. The molecule has 0 amide bonds. The van der Waals surface area contributed by atoms with Crippen LogP contribution < -0.4 is 0 Å². The zero-order valence-corrected chi connectivity index (χ0v) is 6.00. The molecular formula is C3H7ClNV-. The summed E-state index contributed by atoms with van der Waals surface area (Å²) >= 11 is 5.14. The van der Waals surface area contributed by atoms with Gasteiger partial charge in [-0.1, -0.05) is 0 Å². The average molecular weight is 143 g/mol. The standard InChI is InChI=1S/C3H7ClN.V/c1-5(2)3-4;/h3H,1-2H3;/q-1;. The van der Waals surface area contributed by atoms with E-state index in [1.807, 2.05) is 14.1 Å². The molecule has 0 rings (SSSR count). The Morgan fingerprint density at radius 3 is 1.67 bits per heavy atom. The number of rotatable bonds is 1. The van der Waals surface area contributed by atoms with Gasteiger partial charge in [-0.15, -0.1) is 0 Å². The SMILES string of the molecule is CN(C)[CH-]Cl.[V]. The molecule has 0 spiro atoms. The van der Waals surface area contributed by atoms with E-state index in [9.17, 15) is 0 Å². The van der Waals surface area contributed by atoms with Crippen molar-refractivity contribution in [3.8, 4) is 0 Å². The third-order valence-electron chi connectivity index (χ3n) is 0.195. The maximum absolute atomic E-state index is 5.14. The topological polar surface area (TPSA) is 3.24 Å². The Morgan fingerprint density at radius 1 is 1.50 bits per heavy atom. The van der Waals surface area contributed by atoms with E-state index in [2.05, 4.69) is 0 Å². The van der Waals surface area contributed by atoms with Crippen molar-refractivity contribution < 1.29 is 18.6 Å². The van der Waals surface area contributed by atoms with E-state index in [1.165, 1.54) is 6.00 Å². The Morgan fingerprint density at radius 2 is 1.67 bits per heavy atom. The largest absolute Gasteiger partial charge is 0.447 e. The van der Waals surface area contributed by atoms with Gasteiger partial charge in [0.2, 0.25) is 0 Å². The molecule has 0 aliphatic heterocycles. The molecule has 0 aromatic heterocycles. The van der Waals surface area contributed by atoms with E-state index in [0.29, 0.717) is 0 Å². The molecule has 0 saturated heterocycles. The van der Waals surface area contributed by atoms with Crippen molar-refractivity contribution in [3.05, 3.63) is 6.00 Å². The van der Waals surface area contributed by atoms with Crippen molar-refractivity contribution in [2.45, 2.75) is 0 Å². The average Bonchev–Trinajstić information content (AvgIpc) is 1.38. The van der Waals surface area contributed by atoms with Crippen molar-refractivity contribution >= 4 is 11.6 Å². The van der Waals surface area contributed by atoms with Crippen LogP contribution >= 0.6 is 11.6 Å². The number of halogens is 1. The van der Waals surface area contributed by atoms with Gasteiger partial charge in [0.25, 0.3) is 0 Å². The van der Waals surface area contributed by atoms with Gasteiger partial charge in [0.15, 0.2) is 0 Å². The summed E-state index contributed by atoms with van der Waals surface area (Å²) in [5.41, 5.74) is 0. The van der Waals surface area contributed by atoms with Crippen LogP contribution in [0.1, 0.15) is 0 Å². The van der Waals surface area contributed by atoms with E-state index in [-0.39, 0.29) is 18.6 Å². The van der Waals surface area contributed by atoms with Gasteiger partial charge >= 0.3 is 0 Å². The smallest absolute Gasteiger partial charge is 0 e. The molecule has 0 unspecified atom stereocenters. The van der Waals surface area contributed by atoms with Crippen LogP contribution in [0.4, 0.5) is 0 Å². The fourth-order valence-electron chi connectivity index (χ4n) is 0. The predicted molar refractivity (Wildman–Crippen MR) is 23.8 cm³/mol. The Bertz CT molecular complexity index is 24.8. The molecule has 0 aromatic carbocycles. The summed E-state index contributed by atoms with van der Waals surface area (Å²) in [7, 11) is 3.74. The first kappa shape index (κ1) is 9.95. The van der Waals surface area contributed by atoms with Crippen molar-refractivity contribution in [2.75, 3.05) is 14.1 Å². The van der Waals surface area contributed by atoms with Gasteiger partial charge < -0.3 is 16.5 Å². The number of hydrogen-bond acceptors (Lipinski definition) is 1. The van der Waals surface area contributed by atoms with E-state index < -0.39 is 0 Å². The number of hydrogen-bond donors (Lipinski definition) is 0. The minimum absolute atomic E-state index is 0. The first-order chi connectivity index (χ1) is 2.27. The van der Waals surface area contributed by atoms with Crippen LogP contribution in [0.2, 0.25) is 0 Å². The minimum Gasteiger partial charge on any atom is -0.447 e. The molecule has 0 fully saturated rings. The molecule has 1 nitrogen and oxygen atoms in total. The van der Waals surface area contributed by atoms with Crippen LogP contribution in [0.5, 0.6) is 0 Å². The normalized spacial score (nSPS) is 8.00. The Labute approximate surface area is 55.5 Å². The van der Waals surface area contributed by atoms with E-state index >= 15 is 0 Å². The molecule has 0 saturated carbocycles. The summed E-state index contributed by atoms with van der Waals surface area (Å²) in [4.78, 5) is 1.77. The summed E-state index contributed by atoms with van der Waals surface area (Å²) in [6, 6.07) is 1.47. The van der Waals surface area contributed by atoms with Crippen LogP contribution in [0.3, 0.4) is 0 Å². The maximum atomic E-state index is 5.14. The van der Waals surface area contributed by atoms with E-state index in [1.54, 1.807) is 4.90 Å². The van der Waals surface area contributed by atoms with Gasteiger partial charge in [-0.05, 0) is 14.1 Å². The second-order valence-electron chi connectivity index (χ2n) is 1.06. The summed E-state index contributed by atoms with van der Waals surface area (Å²) in [6.45, 7) is 0. The van der Waals surface area contributed by atoms with Gasteiger partial charge in [-0.3, -0.25) is 0 Å². The maximum Gasteiger partial charge on any atom is 0 e. The molecule has 0 N–H and O–H groups in total. The first-order valence-corrected chi connectivity index (χ1v) is 1.81. The van der Waals surface area contributed by atoms with Crippen LogP contribution in [0.15, 0.2) is 0 Å². The Balaban J connectivity index is 0. The summed E-state index contributed by atoms with van der Waals surface area (Å²) < 4.78 is 0. The van der Waals surface area contributed by atoms with Crippen LogP contribution in [-0.4, -0.2) is 19.0 Å².